The zero-order valence-electron chi connectivity index (χ0n) is 17.4. The molecule has 1 unspecified atom stereocenters. The molecule has 1 aromatic carbocycles. The van der Waals surface area contributed by atoms with Crippen molar-refractivity contribution in [1.29, 1.82) is 0 Å². The van der Waals surface area contributed by atoms with E-state index in [4.69, 9.17) is 17.3 Å². The number of allylic oxidation sites excluding steroid dienone is 3. The van der Waals surface area contributed by atoms with E-state index in [1.807, 2.05) is 37.3 Å². The number of carbonyl (C=O) groups is 1. The minimum atomic E-state index is -0.669. The van der Waals surface area contributed by atoms with Gasteiger partial charge < -0.3 is 20.7 Å². The van der Waals surface area contributed by atoms with Crippen molar-refractivity contribution in [3.8, 4) is 6.57 Å². The molecule has 0 saturated carbocycles. The molecule has 156 valence electrons. The molecule has 7 nitrogen and oxygen atoms in total. The van der Waals surface area contributed by atoms with Crippen LogP contribution in [0.3, 0.4) is 0 Å². The van der Waals surface area contributed by atoms with Crippen LogP contribution in [0.15, 0.2) is 73.2 Å². The molecule has 30 heavy (non-hydrogen) atoms. The van der Waals surface area contributed by atoms with Crippen LogP contribution in [0.1, 0.15) is 6.92 Å². The molecule has 0 radical (unpaired) electrons. The molecule has 0 aliphatic rings. The van der Waals surface area contributed by atoms with E-state index in [0.29, 0.717) is 6.32 Å². The Morgan fingerprint density at radius 3 is 2.80 bits per heavy atom. The lowest BCUT2D eigenvalue weighted by Crippen LogP contribution is -2.30. The fraction of sp³-hybridized carbons (Fsp3) is 0.227. The summed E-state index contributed by atoms with van der Waals surface area (Å²) >= 11 is 0. The monoisotopic (exact) mass is 407 g/mol. The van der Waals surface area contributed by atoms with E-state index in [2.05, 4.69) is 26.4 Å². The molecular formula is C22H28BN4O3+. The van der Waals surface area contributed by atoms with Gasteiger partial charge in [0.1, 0.15) is 0 Å². The Labute approximate surface area is 177 Å². The topological polar surface area (TPSA) is 102 Å². The Balaban J connectivity index is 0.000000553. The Hall–Kier alpha value is -3.25. The van der Waals surface area contributed by atoms with Crippen LogP contribution in [0, 0.1) is 12.5 Å². The number of hydrogen-bond acceptors (Lipinski definition) is 5. The molecule has 2 rings (SSSR count). The lowest BCUT2D eigenvalue weighted by Gasteiger charge is -2.15. The van der Waals surface area contributed by atoms with Gasteiger partial charge in [-0.15, -0.1) is 6.58 Å². The fourth-order valence-electron chi connectivity index (χ4n) is 2.57. The highest BCUT2D eigenvalue weighted by Crippen LogP contribution is 2.20. The summed E-state index contributed by atoms with van der Waals surface area (Å²) in [7, 11) is 0.784. The van der Waals surface area contributed by atoms with Crippen LogP contribution < -0.4 is 11.1 Å². The zero-order valence-corrected chi connectivity index (χ0v) is 17.4. The number of hydrogen-bond donors (Lipinski definition) is 3. The van der Waals surface area contributed by atoms with Gasteiger partial charge in [-0.05, 0) is 47.2 Å². The maximum absolute atomic E-state index is 12.5. The number of anilines is 1. The number of carbonyl (C=O) groups excluding carboxylic acids is 1. The predicted molar refractivity (Wildman–Crippen MR) is 124 cm³/mol. The van der Waals surface area contributed by atoms with E-state index in [0.717, 1.165) is 22.0 Å². The van der Waals surface area contributed by atoms with Crippen LogP contribution in [0.25, 0.3) is 15.6 Å². The van der Waals surface area contributed by atoms with Gasteiger partial charge in [-0.1, -0.05) is 18.2 Å². The van der Waals surface area contributed by atoms with Crippen LogP contribution in [0.2, 0.25) is 6.32 Å². The summed E-state index contributed by atoms with van der Waals surface area (Å²) < 4.78 is 4.47. The quantitative estimate of drug-likeness (QED) is 0.353. The Bertz CT molecular complexity index is 937. The van der Waals surface area contributed by atoms with Crippen molar-refractivity contribution >= 4 is 29.5 Å². The molecule has 0 bridgehead atoms. The number of amides is 1. The van der Waals surface area contributed by atoms with E-state index in [1.54, 1.807) is 24.5 Å². The first kappa shape index (κ1) is 24.8. The summed E-state index contributed by atoms with van der Waals surface area (Å²) in [5.41, 5.74) is 7.25. The SMILES string of the molecule is C#[N+]/C=C\C(=C/C)C(CN)C(=O)Nc1ccc2cnccc2c1.C=CCB(O)OC. The molecule has 0 saturated heterocycles. The van der Waals surface area contributed by atoms with Gasteiger partial charge in [-0.2, -0.15) is 0 Å². The number of nitrogens with two attached hydrogens (primary N) is 1. The summed E-state index contributed by atoms with van der Waals surface area (Å²) in [6.45, 7) is 10.5. The largest absolute Gasteiger partial charge is 0.457 e. The van der Waals surface area contributed by atoms with Gasteiger partial charge in [0, 0.05) is 43.2 Å². The van der Waals surface area contributed by atoms with Gasteiger partial charge in [0.05, 0.1) is 5.92 Å². The first-order chi connectivity index (χ1) is 14.5. The van der Waals surface area contributed by atoms with Crippen molar-refractivity contribution in [1.82, 2.24) is 4.98 Å². The number of nitrogens with one attached hydrogen (secondary N) is 1. The Kier molecular flexibility index (Phi) is 11.4. The maximum atomic E-state index is 12.5. The van der Waals surface area contributed by atoms with Crippen LogP contribution in [-0.2, 0) is 9.45 Å². The van der Waals surface area contributed by atoms with E-state index >= 15 is 0 Å². The third kappa shape index (κ3) is 8.01. The molecule has 1 heterocycles. The van der Waals surface area contributed by atoms with Gasteiger partial charge in [-0.3, -0.25) is 9.78 Å². The number of pyridine rings is 1. The molecule has 0 spiro atoms. The zero-order chi connectivity index (χ0) is 22.4. The average Bonchev–Trinajstić information content (AvgIpc) is 2.77. The van der Waals surface area contributed by atoms with Crippen molar-refractivity contribution in [2.24, 2.45) is 11.7 Å². The Morgan fingerprint density at radius 1 is 1.47 bits per heavy atom. The van der Waals surface area contributed by atoms with Crippen molar-refractivity contribution in [2.45, 2.75) is 13.2 Å². The highest BCUT2D eigenvalue weighted by molar-refractivity contribution is 6.43. The van der Waals surface area contributed by atoms with Crippen molar-refractivity contribution in [2.75, 3.05) is 19.0 Å². The molecule has 4 N–H and O–H groups in total. The van der Waals surface area contributed by atoms with Crippen LogP contribution in [0.5, 0.6) is 0 Å². The standard InChI is InChI=1S/C18H18N4O.C4H9BO2/c1-3-13(6-8-20-2)17(11-19)18(23)22-16-5-4-15-12-21-9-7-14(15)10-16;1-3-4-5(6)7-2/h2-10,12,17H,11,19H2,1H3;3,6H,1,4H2,2H3/p+1/b8-6-,13-3+;. The third-order valence-electron chi connectivity index (χ3n) is 4.19. The smallest absolute Gasteiger partial charge is 0.427 e. The van der Waals surface area contributed by atoms with Gasteiger partial charge in [0.25, 0.3) is 6.57 Å². The molecule has 0 aliphatic carbocycles. The van der Waals surface area contributed by atoms with Gasteiger partial charge in [0.15, 0.2) is 0 Å². The second kappa shape index (κ2) is 13.9. The second-order valence-corrected chi connectivity index (χ2v) is 6.18. The minimum absolute atomic E-state index is 0.171. The normalized spacial score (nSPS) is 11.9. The van der Waals surface area contributed by atoms with E-state index < -0.39 is 13.0 Å². The number of rotatable bonds is 8. The third-order valence-corrected chi connectivity index (χ3v) is 4.19. The van der Waals surface area contributed by atoms with Crippen LogP contribution >= 0.6 is 0 Å². The first-order valence-electron chi connectivity index (χ1n) is 9.39. The number of nitrogens with zero attached hydrogens (tertiary/aromatic N) is 2. The van der Waals surface area contributed by atoms with E-state index in [-0.39, 0.29) is 12.5 Å². The lowest BCUT2D eigenvalue weighted by molar-refractivity contribution is -0.118. The first-order valence-corrected chi connectivity index (χ1v) is 9.39. The Morgan fingerprint density at radius 2 is 2.23 bits per heavy atom. The molecule has 1 amide bonds. The number of benzene rings is 1. The molecular weight excluding hydrogens is 379 g/mol. The molecule has 8 heteroatoms. The van der Waals surface area contributed by atoms with Gasteiger partial charge in [0.2, 0.25) is 5.91 Å². The highest BCUT2D eigenvalue weighted by Gasteiger charge is 2.20. The molecule has 1 aromatic heterocycles. The summed E-state index contributed by atoms with van der Waals surface area (Å²) in [5.74, 6) is -0.637. The molecule has 0 aliphatic heterocycles. The lowest BCUT2D eigenvalue weighted by atomic mass is 9.86. The van der Waals surface area contributed by atoms with Gasteiger partial charge in [-0.25, -0.2) is 0 Å². The fourth-order valence-corrected chi connectivity index (χ4v) is 2.57. The van der Waals surface area contributed by atoms with E-state index in [9.17, 15) is 4.79 Å². The highest BCUT2D eigenvalue weighted by atomic mass is 16.5. The van der Waals surface area contributed by atoms with Crippen LogP contribution in [-0.4, -0.2) is 36.7 Å². The van der Waals surface area contributed by atoms with Crippen molar-refractivity contribution in [3.05, 3.63) is 78.1 Å². The summed E-state index contributed by atoms with van der Waals surface area (Å²) in [5, 5.41) is 13.5. The minimum Gasteiger partial charge on any atom is -0.427 e. The molecule has 2 aromatic rings. The maximum Gasteiger partial charge on any atom is 0.457 e. The predicted octanol–water partition coefficient (Wildman–Crippen LogP) is 3.47. The summed E-state index contributed by atoms with van der Waals surface area (Å²) in [6, 6.07) is 7.56. The molecule has 1 atom stereocenters. The number of aromatic nitrogens is 1. The second-order valence-electron chi connectivity index (χ2n) is 6.18. The molecule has 0 fully saturated rings. The number of fused-ring (bicyclic) bond motifs is 1. The van der Waals surface area contributed by atoms with Crippen LogP contribution in [0.4, 0.5) is 5.69 Å². The average molecular weight is 407 g/mol. The summed E-state index contributed by atoms with van der Waals surface area (Å²) in [6.07, 6.45) is 10.5. The van der Waals surface area contributed by atoms with Crippen molar-refractivity contribution in [3.63, 3.8) is 0 Å². The summed E-state index contributed by atoms with van der Waals surface area (Å²) in [4.78, 5) is 20.0. The van der Waals surface area contributed by atoms with Gasteiger partial charge >= 0.3 is 13.3 Å². The van der Waals surface area contributed by atoms with E-state index in [1.165, 1.54) is 13.3 Å². The van der Waals surface area contributed by atoms with Crippen molar-refractivity contribution < 1.29 is 14.5 Å².